The zero-order valence-electron chi connectivity index (χ0n) is 15.6. The number of carbonyl (C=O) groups is 1. The van der Waals surface area contributed by atoms with Gasteiger partial charge in [-0.25, -0.2) is 13.2 Å². The van der Waals surface area contributed by atoms with Crippen LogP contribution in [0.5, 0.6) is 0 Å². The van der Waals surface area contributed by atoms with E-state index in [4.69, 9.17) is 4.74 Å². The molecular weight excluding hydrogens is 406 g/mol. The molecule has 0 fully saturated rings. The van der Waals surface area contributed by atoms with Crippen molar-refractivity contribution in [1.29, 1.82) is 0 Å². The van der Waals surface area contributed by atoms with Crippen molar-refractivity contribution in [3.05, 3.63) is 34.3 Å². The van der Waals surface area contributed by atoms with Gasteiger partial charge in [0.1, 0.15) is 0 Å². The summed E-state index contributed by atoms with van der Waals surface area (Å²) in [6.45, 7) is 10.6. The van der Waals surface area contributed by atoms with E-state index in [0.717, 1.165) is 10.0 Å². The standard InChI is InChI=1S/C18H28BrNO4S/c1-11(2)17(20-18(21)24-12(3)4)14(6)25(22,23)13(5)15-7-9-16(19)10-8-15/h7-14,17H,1-6H3,(H,20,21)/t13?,14?,17-/m0/s1. The van der Waals surface area contributed by atoms with Gasteiger partial charge in [-0.2, -0.15) is 0 Å². The summed E-state index contributed by atoms with van der Waals surface area (Å²) in [5.74, 6) is -0.0541. The predicted octanol–water partition coefficient (Wildman–Crippen LogP) is 4.47. The van der Waals surface area contributed by atoms with Crippen LogP contribution in [-0.4, -0.2) is 31.9 Å². The predicted molar refractivity (Wildman–Crippen MR) is 104 cm³/mol. The minimum atomic E-state index is -3.51. The topological polar surface area (TPSA) is 72.5 Å². The van der Waals surface area contributed by atoms with Gasteiger partial charge >= 0.3 is 6.09 Å². The Morgan fingerprint density at radius 1 is 1.04 bits per heavy atom. The summed E-state index contributed by atoms with van der Waals surface area (Å²) in [5.41, 5.74) is 0.724. The smallest absolute Gasteiger partial charge is 0.407 e. The quantitative estimate of drug-likeness (QED) is 0.687. The third-order valence-corrected chi connectivity index (χ3v) is 7.32. The number of hydrogen-bond acceptors (Lipinski definition) is 4. The van der Waals surface area contributed by atoms with Crippen molar-refractivity contribution < 1.29 is 17.9 Å². The van der Waals surface area contributed by atoms with Crippen molar-refractivity contribution in [2.45, 2.75) is 64.2 Å². The summed E-state index contributed by atoms with van der Waals surface area (Å²) in [6, 6.07) is 6.71. The van der Waals surface area contributed by atoms with E-state index in [0.29, 0.717) is 0 Å². The Kier molecular flexibility index (Phi) is 7.93. The summed E-state index contributed by atoms with van der Waals surface area (Å²) in [7, 11) is -3.51. The SMILES string of the molecule is CC(C)OC(=O)N[C@@H](C(C)C)C(C)S(=O)(=O)C(C)c1ccc(Br)cc1. The van der Waals surface area contributed by atoms with E-state index in [1.807, 2.05) is 26.0 Å². The highest BCUT2D eigenvalue weighted by atomic mass is 79.9. The number of sulfone groups is 1. The number of rotatable bonds is 7. The normalized spacial score (nSPS) is 15.7. The number of nitrogens with one attached hydrogen (secondary N) is 1. The van der Waals surface area contributed by atoms with Gasteiger partial charge in [-0.05, 0) is 51.3 Å². The molecule has 0 saturated carbocycles. The lowest BCUT2D eigenvalue weighted by Crippen LogP contribution is -2.49. The van der Waals surface area contributed by atoms with Crippen LogP contribution in [0.1, 0.15) is 52.4 Å². The molecule has 0 spiro atoms. The molecule has 0 aromatic heterocycles. The highest BCUT2D eigenvalue weighted by Crippen LogP contribution is 2.29. The summed E-state index contributed by atoms with van der Waals surface area (Å²) < 4.78 is 32.1. The summed E-state index contributed by atoms with van der Waals surface area (Å²) in [4.78, 5) is 11.9. The van der Waals surface area contributed by atoms with Gasteiger partial charge in [-0.3, -0.25) is 0 Å². The number of benzene rings is 1. The molecule has 1 aromatic rings. The molecule has 5 nitrogen and oxygen atoms in total. The first-order chi connectivity index (χ1) is 11.5. The van der Waals surface area contributed by atoms with E-state index in [9.17, 15) is 13.2 Å². The maximum absolute atomic E-state index is 13.1. The Balaban J connectivity index is 3.03. The van der Waals surface area contributed by atoms with Crippen LogP contribution in [0.3, 0.4) is 0 Å². The summed E-state index contributed by atoms with van der Waals surface area (Å²) in [6.07, 6.45) is -0.853. The largest absolute Gasteiger partial charge is 0.447 e. The molecule has 0 bridgehead atoms. The maximum Gasteiger partial charge on any atom is 0.407 e. The van der Waals surface area contributed by atoms with E-state index in [1.54, 1.807) is 39.8 Å². The average molecular weight is 434 g/mol. The van der Waals surface area contributed by atoms with Crippen molar-refractivity contribution >= 4 is 31.9 Å². The first-order valence-corrected chi connectivity index (χ1v) is 10.8. The second-order valence-corrected chi connectivity index (χ2v) is 10.4. The summed E-state index contributed by atoms with van der Waals surface area (Å²) in [5, 5.41) is 1.31. The Bertz CT molecular complexity index is 671. The van der Waals surface area contributed by atoms with Crippen molar-refractivity contribution in [3.8, 4) is 0 Å². The number of alkyl carbamates (subject to hydrolysis) is 1. The zero-order valence-corrected chi connectivity index (χ0v) is 18.0. The maximum atomic E-state index is 13.1. The van der Waals surface area contributed by atoms with Crippen LogP contribution in [0.2, 0.25) is 0 Å². The molecule has 0 saturated heterocycles. The van der Waals surface area contributed by atoms with Crippen molar-refractivity contribution in [3.63, 3.8) is 0 Å². The first-order valence-electron chi connectivity index (χ1n) is 8.42. The third-order valence-electron chi connectivity index (χ3n) is 4.20. The second kappa shape index (κ2) is 9.03. The fraction of sp³-hybridized carbons (Fsp3) is 0.611. The van der Waals surface area contributed by atoms with E-state index in [2.05, 4.69) is 21.2 Å². The molecule has 142 valence electrons. The lowest BCUT2D eigenvalue weighted by atomic mass is 10.0. The molecule has 7 heteroatoms. The molecule has 0 heterocycles. The molecular formula is C18H28BrNO4S. The molecule has 1 rings (SSSR count). The van der Waals surface area contributed by atoms with E-state index < -0.39 is 32.5 Å². The molecule has 0 radical (unpaired) electrons. The monoisotopic (exact) mass is 433 g/mol. The van der Waals surface area contributed by atoms with Crippen molar-refractivity contribution in [1.82, 2.24) is 5.32 Å². The molecule has 1 aromatic carbocycles. The van der Waals surface area contributed by atoms with Crippen LogP contribution >= 0.6 is 15.9 Å². The number of ether oxygens (including phenoxy) is 1. The van der Waals surface area contributed by atoms with Crippen LogP contribution in [-0.2, 0) is 14.6 Å². The highest BCUT2D eigenvalue weighted by molar-refractivity contribution is 9.10. The minimum absolute atomic E-state index is 0.0541. The van der Waals surface area contributed by atoms with Gasteiger partial charge in [0.2, 0.25) is 0 Å². The Morgan fingerprint density at radius 3 is 2.00 bits per heavy atom. The fourth-order valence-corrected chi connectivity index (χ4v) is 4.90. The Labute approximate surface area is 159 Å². The number of hydrogen-bond donors (Lipinski definition) is 1. The van der Waals surface area contributed by atoms with Crippen LogP contribution in [0.15, 0.2) is 28.7 Å². The van der Waals surface area contributed by atoms with Gasteiger partial charge in [0.05, 0.1) is 22.6 Å². The average Bonchev–Trinajstić information content (AvgIpc) is 2.51. The molecule has 1 amide bonds. The van der Waals surface area contributed by atoms with Gasteiger partial charge < -0.3 is 10.1 Å². The van der Waals surface area contributed by atoms with Crippen LogP contribution < -0.4 is 5.32 Å². The van der Waals surface area contributed by atoms with Crippen molar-refractivity contribution in [2.75, 3.05) is 0 Å². The zero-order chi connectivity index (χ0) is 19.4. The third kappa shape index (κ3) is 5.99. The molecule has 1 N–H and O–H groups in total. The molecule has 0 aliphatic rings. The van der Waals surface area contributed by atoms with Gasteiger partial charge in [0, 0.05) is 4.47 Å². The fourth-order valence-electron chi connectivity index (χ4n) is 2.66. The lowest BCUT2D eigenvalue weighted by molar-refractivity contribution is 0.109. The number of halogens is 1. The molecule has 3 atom stereocenters. The molecule has 25 heavy (non-hydrogen) atoms. The molecule has 0 aliphatic heterocycles. The molecule has 2 unspecified atom stereocenters. The van der Waals surface area contributed by atoms with Gasteiger partial charge in [0.15, 0.2) is 9.84 Å². The first kappa shape index (κ1) is 22.0. The number of amides is 1. The highest BCUT2D eigenvalue weighted by Gasteiger charge is 2.37. The second-order valence-electron chi connectivity index (χ2n) is 6.86. The van der Waals surface area contributed by atoms with Gasteiger partial charge in [-0.1, -0.05) is 41.9 Å². The number of carbonyl (C=O) groups excluding carboxylic acids is 1. The van der Waals surface area contributed by atoms with Crippen LogP contribution in [0.4, 0.5) is 4.79 Å². The van der Waals surface area contributed by atoms with Crippen molar-refractivity contribution in [2.24, 2.45) is 5.92 Å². The van der Waals surface area contributed by atoms with Crippen LogP contribution in [0.25, 0.3) is 0 Å². The minimum Gasteiger partial charge on any atom is -0.447 e. The Hall–Kier alpha value is -1.08. The van der Waals surface area contributed by atoms with E-state index >= 15 is 0 Å². The van der Waals surface area contributed by atoms with E-state index in [1.165, 1.54) is 0 Å². The molecule has 0 aliphatic carbocycles. The van der Waals surface area contributed by atoms with Crippen LogP contribution in [0, 0.1) is 5.92 Å². The lowest BCUT2D eigenvalue weighted by Gasteiger charge is -2.30. The Morgan fingerprint density at radius 2 is 1.56 bits per heavy atom. The van der Waals surface area contributed by atoms with Gasteiger partial charge in [0.25, 0.3) is 0 Å². The summed E-state index contributed by atoms with van der Waals surface area (Å²) >= 11 is 3.35. The van der Waals surface area contributed by atoms with E-state index in [-0.39, 0.29) is 12.0 Å². The van der Waals surface area contributed by atoms with Gasteiger partial charge in [-0.15, -0.1) is 0 Å².